The summed E-state index contributed by atoms with van der Waals surface area (Å²) < 4.78 is 5.60. The smallest absolute Gasteiger partial charge is 0.354 e. The van der Waals surface area contributed by atoms with Gasteiger partial charge in [-0.15, -0.1) is 0 Å². The van der Waals surface area contributed by atoms with Crippen LogP contribution in [0.5, 0.6) is 0 Å². The summed E-state index contributed by atoms with van der Waals surface area (Å²) in [6, 6.07) is 1.40. The van der Waals surface area contributed by atoms with Crippen molar-refractivity contribution in [3.63, 3.8) is 0 Å². The monoisotopic (exact) mass is 251 g/mol. The lowest BCUT2D eigenvalue weighted by Crippen LogP contribution is -2.40. The van der Waals surface area contributed by atoms with Crippen LogP contribution in [0.3, 0.4) is 0 Å². The molecule has 0 saturated carbocycles. The Morgan fingerprint density at radius 2 is 2.50 bits per heavy atom. The van der Waals surface area contributed by atoms with Gasteiger partial charge in [0.1, 0.15) is 0 Å². The SMILES string of the molecule is CCOC1CCCN(c2nccc(C(=O)O)n2)C1. The number of piperidine rings is 1. The Labute approximate surface area is 106 Å². The first-order chi connectivity index (χ1) is 8.70. The molecule has 1 N–H and O–H groups in total. The fraction of sp³-hybridized carbons (Fsp3) is 0.583. The Hall–Kier alpha value is -1.69. The molecule has 1 fully saturated rings. The molecule has 18 heavy (non-hydrogen) atoms. The molecule has 2 rings (SSSR count). The van der Waals surface area contributed by atoms with Gasteiger partial charge < -0.3 is 14.7 Å². The average molecular weight is 251 g/mol. The molecule has 0 bridgehead atoms. The molecule has 0 radical (unpaired) electrons. The van der Waals surface area contributed by atoms with Crippen LogP contribution < -0.4 is 4.90 Å². The van der Waals surface area contributed by atoms with Crippen molar-refractivity contribution in [2.45, 2.75) is 25.9 Å². The van der Waals surface area contributed by atoms with Crippen LogP contribution in [-0.2, 0) is 4.74 Å². The lowest BCUT2D eigenvalue weighted by atomic mass is 10.1. The van der Waals surface area contributed by atoms with E-state index in [-0.39, 0.29) is 11.8 Å². The maximum atomic E-state index is 10.9. The van der Waals surface area contributed by atoms with Gasteiger partial charge in [-0.05, 0) is 25.8 Å². The maximum absolute atomic E-state index is 10.9. The van der Waals surface area contributed by atoms with Crippen LogP contribution in [0.25, 0.3) is 0 Å². The fourth-order valence-corrected chi connectivity index (χ4v) is 2.11. The van der Waals surface area contributed by atoms with E-state index in [4.69, 9.17) is 9.84 Å². The summed E-state index contributed by atoms with van der Waals surface area (Å²) in [5, 5.41) is 8.91. The zero-order valence-corrected chi connectivity index (χ0v) is 10.4. The Kier molecular flexibility index (Phi) is 4.09. The van der Waals surface area contributed by atoms with Gasteiger partial charge in [0.2, 0.25) is 5.95 Å². The summed E-state index contributed by atoms with van der Waals surface area (Å²) >= 11 is 0. The predicted molar refractivity (Wildman–Crippen MR) is 65.9 cm³/mol. The number of nitrogens with zero attached hydrogens (tertiary/aromatic N) is 3. The van der Waals surface area contributed by atoms with Gasteiger partial charge in [0.05, 0.1) is 6.10 Å². The predicted octanol–water partition coefficient (Wildman–Crippen LogP) is 1.18. The van der Waals surface area contributed by atoms with Gasteiger partial charge in [0, 0.05) is 25.9 Å². The van der Waals surface area contributed by atoms with Crippen molar-refractivity contribution in [3.8, 4) is 0 Å². The molecule has 1 saturated heterocycles. The van der Waals surface area contributed by atoms with Gasteiger partial charge >= 0.3 is 5.97 Å². The highest BCUT2D eigenvalue weighted by Crippen LogP contribution is 2.18. The maximum Gasteiger partial charge on any atom is 0.354 e. The van der Waals surface area contributed by atoms with E-state index in [1.165, 1.54) is 12.3 Å². The Morgan fingerprint density at radius 1 is 1.67 bits per heavy atom. The summed E-state index contributed by atoms with van der Waals surface area (Å²) in [7, 11) is 0. The third kappa shape index (κ3) is 2.95. The molecule has 98 valence electrons. The second kappa shape index (κ2) is 5.77. The molecule has 0 amide bonds. The highest BCUT2D eigenvalue weighted by Gasteiger charge is 2.22. The number of anilines is 1. The zero-order valence-electron chi connectivity index (χ0n) is 10.4. The van der Waals surface area contributed by atoms with Gasteiger partial charge in [-0.2, -0.15) is 0 Å². The molecule has 0 aromatic carbocycles. The van der Waals surface area contributed by atoms with Crippen molar-refractivity contribution in [1.82, 2.24) is 9.97 Å². The van der Waals surface area contributed by atoms with Gasteiger partial charge in [-0.25, -0.2) is 14.8 Å². The third-order valence-corrected chi connectivity index (χ3v) is 2.93. The van der Waals surface area contributed by atoms with E-state index in [1.807, 2.05) is 11.8 Å². The molecule has 6 heteroatoms. The number of hydrogen-bond donors (Lipinski definition) is 1. The van der Waals surface area contributed by atoms with Crippen molar-refractivity contribution in [1.29, 1.82) is 0 Å². The summed E-state index contributed by atoms with van der Waals surface area (Å²) in [6.45, 7) is 4.22. The molecule has 1 aromatic heterocycles. The molecule has 1 atom stereocenters. The Balaban J connectivity index is 2.10. The summed E-state index contributed by atoms with van der Waals surface area (Å²) in [4.78, 5) is 21.0. The van der Waals surface area contributed by atoms with Gasteiger partial charge in [-0.1, -0.05) is 0 Å². The number of aromatic carboxylic acids is 1. The summed E-state index contributed by atoms with van der Waals surface area (Å²) in [5.41, 5.74) is 0.0264. The van der Waals surface area contributed by atoms with E-state index >= 15 is 0 Å². The lowest BCUT2D eigenvalue weighted by Gasteiger charge is -2.32. The first-order valence-electron chi connectivity index (χ1n) is 6.13. The van der Waals surface area contributed by atoms with Crippen LogP contribution in [0.4, 0.5) is 5.95 Å². The van der Waals surface area contributed by atoms with Crippen LogP contribution in [0.1, 0.15) is 30.3 Å². The van der Waals surface area contributed by atoms with Crippen molar-refractivity contribution in [2.24, 2.45) is 0 Å². The van der Waals surface area contributed by atoms with E-state index in [2.05, 4.69) is 9.97 Å². The minimum Gasteiger partial charge on any atom is -0.477 e. The fourth-order valence-electron chi connectivity index (χ4n) is 2.11. The zero-order chi connectivity index (χ0) is 13.0. The van der Waals surface area contributed by atoms with E-state index in [0.717, 1.165) is 25.9 Å². The second-order valence-corrected chi connectivity index (χ2v) is 4.21. The number of carbonyl (C=O) groups is 1. The first-order valence-corrected chi connectivity index (χ1v) is 6.13. The van der Waals surface area contributed by atoms with Crippen LogP contribution in [0, 0.1) is 0 Å². The number of hydrogen-bond acceptors (Lipinski definition) is 5. The van der Waals surface area contributed by atoms with Crippen molar-refractivity contribution < 1.29 is 14.6 Å². The number of carboxylic acids is 1. The molecule has 1 aromatic rings. The van der Waals surface area contributed by atoms with E-state index in [0.29, 0.717) is 12.6 Å². The molecule has 2 heterocycles. The number of rotatable bonds is 4. The largest absolute Gasteiger partial charge is 0.477 e. The quantitative estimate of drug-likeness (QED) is 0.866. The highest BCUT2D eigenvalue weighted by molar-refractivity contribution is 5.85. The summed E-state index contributed by atoms with van der Waals surface area (Å²) in [5.74, 6) is -0.559. The topological polar surface area (TPSA) is 75.5 Å². The first kappa shape index (κ1) is 12.8. The minimum absolute atomic E-state index is 0.0264. The van der Waals surface area contributed by atoms with Crippen LogP contribution in [0.2, 0.25) is 0 Å². The van der Waals surface area contributed by atoms with E-state index in [1.54, 1.807) is 0 Å². The van der Waals surface area contributed by atoms with Crippen LogP contribution in [0.15, 0.2) is 12.3 Å². The standard InChI is InChI=1S/C12H17N3O3/c1-2-18-9-4-3-7-15(8-9)12-13-6-5-10(14-12)11(16)17/h5-6,9H,2-4,7-8H2,1H3,(H,16,17). The average Bonchev–Trinajstić information content (AvgIpc) is 2.39. The molecular weight excluding hydrogens is 234 g/mol. The molecule has 1 unspecified atom stereocenters. The summed E-state index contributed by atoms with van der Waals surface area (Å²) in [6.07, 6.45) is 3.70. The molecular formula is C12H17N3O3. The van der Waals surface area contributed by atoms with Crippen molar-refractivity contribution in [2.75, 3.05) is 24.6 Å². The lowest BCUT2D eigenvalue weighted by molar-refractivity contribution is 0.0523. The molecule has 0 spiro atoms. The second-order valence-electron chi connectivity index (χ2n) is 4.21. The normalized spacial score (nSPS) is 19.8. The van der Waals surface area contributed by atoms with Crippen molar-refractivity contribution in [3.05, 3.63) is 18.0 Å². The van der Waals surface area contributed by atoms with Crippen molar-refractivity contribution >= 4 is 11.9 Å². The van der Waals surface area contributed by atoms with E-state index < -0.39 is 5.97 Å². The van der Waals surface area contributed by atoms with Crippen LogP contribution in [-0.4, -0.2) is 46.8 Å². The third-order valence-electron chi connectivity index (χ3n) is 2.93. The van der Waals surface area contributed by atoms with Crippen LogP contribution >= 0.6 is 0 Å². The van der Waals surface area contributed by atoms with Gasteiger partial charge in [0.15, 0.2) is 5.69 Å². The molecule has 1 aliphatic heterocycles. The number of aromatic nitrogens is 2. The van der Waals surface area contributed by atoms with E-state index in [9.17, 15) is 4.79 Å². The molecule has 1 aliphatic rings. The number of carboxylic acid groups (broad SMARTS) is 1. The Morgan fingerprint density at radius 3 is 3.22 bits per heavy atom. The highest BCUT2D eigenvalue weighted by atomic mass is 16.5. The minimum atomic E-state index is -1.03. The number of ether oxygens (including phenoxy) is 1. The molecule has 6 nitrogen and oxygen atoms in total. The Bertz CT molecular complexity index is 423. The van der Waals surface area contributed by atoms with Gasteiger partial charge in [0.25, 0.3) is 0 Å². The van der Waals surface area contributed by atoms with Gasteiger partial charge in [-0.3, -0.25) is 0 Å². The molecule has 0 aliphatic carbocycles.